The third-order valence-corrected chi connectivity index (χ3v) is 4.86. The van der Waals surface area contributed by atoms with Crippen molar-refractivity contribution in [1.82, 2.24) is 4.98 Å². The Hall–Kier alpha value is -1.14. The highest BCUT2D eigenvalue weighted by atomic mass is 127. The van der Waals surface area contributed by atoms with Crippen molar-refractivity contribution in [3.05, 3.63) is 57.1 Å². The maximum atomic E-state index is 4.49. The van der Waals surface area contributed by atoms with Crippen molar-refractivity contribution in [1.29, 1.82) is 0 Å². The van der Waals surface area contributed by atoms with Crippen molar-refractivity contribution in [2.45, 2.75) is 13.0 Å². The van der Waals surface area contributed by atoms with Crippen molar-refractivity contribution < 1.29 is 0 Å². The molecule has 0 saturated carbocycles. The molecule has 19 heavy (non-hydrogen) atoms. The van der Waals surface area contributed by atoms with Crippen LogP contribution in [0.15, 0.2) is 48.0 Å². The lowest BCUT2D eigenvalue weighted by Crippen LogP contribution is -2.07. The van der Waals surface area contributed by atoms with E-state index in [0.717, 1.165) is 5.52 Å². The molecule has 0 bridgehead atoms. The van der Waals surface area contributed by atoms with Crippen molar-refractivity contribution in [2.24, 2.45) is 0 Å². The van der Waals surface area contributed by atoms with E-state index in [1.54, 1.807) is 11.3 Å². The summed E-state index contributed by atoms with van der Waals surface area (Å²) in [5.41, 5.74) is 3.46. The van der Waals surface area contributed by atoms with Crippen molar-refractivity contribution >= 4 is 49.8 Å². The summed E-state index contributed by atoms with van der Waals surface area (Å²) in [5.74, 6) is 0. The van der Waals surface area contributed by atoms with E-state index in [9.17, 15) is 0 Å². The van der Waals surface area contributed by atoms with Gasteiger partial charge in [-0.05, 0) is 64.7 Å². The van der Waals surface area contributed by atoms with Gasteiger partial charge in [-0.3, -0.25) is 4.98 Å². The SMILES string of the molecule is CC(Nc1ccccc1I)c1cnc2ccsc2c1. The zero-order chi connectivity index (χ0) is 13.2. The number of hydrogen-bond donors (Lipinski definition) is 1. The minimum Gasteiger partial charge on any atom is -0.378 e. The first-order chi connectivity index (χ1) is 9.24. The molecule has 0 fully saturated rings. The molecular weight excluding hydrogens is 367 g/mol. The van der Waals surface area contributed by atoms with Crippen LogP contribution in [0.3, 0.4) is 0 Å². The van der Waals surface area contributed by atoms with E-state index in [0.29, 0.717) is 0 Å². The maximum absolute atomic E-state index is 4.49. The first kappa shape index (κ1) is 12.9. The number of hydrogen-bond acceptors (Lipinski definition) is 3. The molecular formula is C15H13IN2S. The third-order valence-electron chi connectivity index (χ3n) is 3.07. The van der Waals surface area contributed by atoms with Crippen LogP contribution in [0, 0.1) is 3.57 Å². The summed E-state index contributed by atoms with van der Waals surface area (Å²) < 4.78 is 2.48. The molecule has 2 heterocycles. The number of anilines is 1. The van der Waals surface area contributed by atoms with Crippen LogP contribution in [0.2, 0.25) is 0 Å². The summed E-state index contributed by atoms with van der Waals surface area (Å²) in [7, 11) is 0. The molecule has 0 saturated heterocycles. The van der Waals surface area contributed by atoms with Gasteiger partial charge in [0.15, 0.2) is 0 Å². The van der Waals surface area contributed by atoms with Crippen LogP contribution < -0.4 is 5.32 Å². The monoisotopic (exact) mass is 380 g/mol. The van der Waals surface area contributed by atoms with Gasteiger partial charge in [0.05, 0.1) is 16.3 Å². The molecule has 3 aromatic rings. The summed E-state index contributed by atoms with van der Waals surface area (Å²) in [5, 5.41) is 5.62. The lowest BCUT2D eigenvalue weighted by Gasteiger charge is -2.16. The van der Waals surface area contributed by atoms with Gasteiger partial charge < -0.3 is 5.32 Å². The first-order valence-electron chi connectivity index (χ1n) is 6.08. The molecule has 0 aliphatic heterocycles. The Morgan fingerprint density at radius 1 is 1.26 bits per heavy atom. The van der Waals surface area contributed by atoms with Gasteiger partial charge in [0.25, 0.3) is 0 Å². The Morgan fingerprint density at radius 2 is 2.11 bits per heavy atom. The largest absolute Gasteiger partial charge is 0.378 e. The van der Waals surface area contributed by atoms with Gasteiger partial charge in [-0.2, -0.15) is 0 Å². The number of benzene rings is 1. The van der Waals surface area contributed by atoms with Crippen LogP contribution in [-0.4, -0.2) is 4.98 Å². The fraction of sp³-hybridized carbons (Fsp3) is 0.133. The van der Waals surface area contributed by atoms with E-state index in [1.807, 2.05) is 6.20 Å². The molecule has 96 valence electrons. The predicted molar refractivity (Wildman–Crippen MR) is 90.8 cm³/mol. The van der Waals surface area contributed by atoms with E-state index >= 15 is 0 Å². The van der Waals surface area contributed by atoms with Crippen LogP contribution in [0.1, 0.15) is 18.5 Å². The second-order valence-corrected chi connectivity index (χ2v) is 6.53. The highest BCUT2D eigenvalue weighted by Gasteiger charge is 2.09. The number of halogens is 1. The fourth-order valence-electron chi connectivity index (χ4n) is 1.99. The zero-order valence-corrected chi connectivity index (χ0v) is 13.4. The maximum Gasteiger partial charge on any atom is 0.0809 e. The van der Waals surface area contributed by atoms with Gasteiger partial charge in [0, 0.05) is 15.5 Å². The van der Waals surface area contributed by atoms with Crippen LogP contribution in [0.5, 0.6) is 0 Å². The molecule has 4 heteroatoms. The molecule has 1 aromatic carbocycles. The van der Waals surface area contributed by atoms with Gasteiger partial charge in [-0.1, -0.05) is 12.1 Å². The quantitative estimate of drug-likeness (QED) is 0.642. The van der Waals surface area contributed by atoms with E-state index < -0.39 is 0 Å². The van der Waals surface area contributed by atoms with E-state index in [-0.39, 0.29) is 6.04 Å². The number of fused-ring (bicyclic) bond motifs is 1. The van der Waals surface area contributed by atoms with Gasteiger partial charge >= 0.3 is 0 Å². The first-order valence-corrected chi connectivity index (χ1v) is 8.04. The number of pyridine rings is 1. The Morgan fingerprint density at radius 3 is 2.95 bits per heavy atom. The molecule has 1 N–H and O–H groups in total. The molecule has 0 aliphatic carbocycles. The summed E-state index contributed by atoms with van der Waals surface area (Å²) in [6, 6.07) is 12.8. The Labute approximate surface area is 130 Å². The molecule has 0 amide bonds. The summed E-state index contributed by atoms with van der Waals surface area (Å²) in [6.45, 7) is 2.17. The van der Waals surface area contributed by atoms with Crippen LogP contribution in [0.4, 0.5) is 5.69 Å². The van der Waals surface area contributed by atoms with Gasteiger partial charge in [-0.25, -0.2) is 0 Å². The Balaban J connectivity index is 1.87. The van der Waals surface area contributed by atoms with Crippen molar-refractivity contribution in [3.63, 3.8) is 0 Å². The second-order valence-electron chi connectivity index (χ2n) is 4.42. The molecule has 1 unspecified atom stereocenters. The van der Waals surface area contributed by atoms with Gasteiger partial charge in [0.2, 0.25) is 0 Å². The standard InChI is InChI=1S/C15H13IN2S/c1-10(18-13-5-3-2-4-12(13)16)11-8-15-14(17-9-11)6-7-19-15/h2-10,18H,1H3. The highest BCUT2D eigenvalue weighted by Crippen LogP contribution is 2.26. The minimum atomic E-state index is 0.245. The number of nitrogens with one attached hydrogen (secondary N) is 1. The lowest BCUT2D eigenvalue weighted by molar-refractivity contribution is 0.879. The lowest BCUT2D eigenvalue weighted by atomic mass is 10.1. The fourth-order valence-corrected chi connectivity index (χ4v) is 3.33. The Bertz CT molecular complexity index is 708. The molecule has 3 rings (SSSR count). The number of nitrogens with zero attached hydrogens (tertiary/aromatic N) is 1. The average molecular weight is 380 g/mol. The van der Waals surface area contributed by atoms with Crippen molar-refractivity contribution in [2.75, 3.05) is 5.32 Å². The zero-order valence-electron chi connectivity index (χ0n) is 10.4. The number of rotatable bonds is 3. The van der Waals surface area contributed by atoms with Crippen LogP contribution in [0.25, 0.3) is 10.2 Å². The molecule has 1 atom stereocenters. The van der Waals surface area contributed by atoms with Gasteiger partial charge in [0.1, 0.15) is 0 Å². The van der Waals surface area contributed by atoms with Crippen molar-refractivity contribution in [3.8, 4) is 0 Å². The number of aromatic nitrogens is 1. The van der Waals surface area contributed by atoms with E-state index in [1.165, 1.54) is 19.5 Å². The second kappa shape index (κ2) is 5.46. The molecule has 0 aliphatic rings. The smallest absolute Gasteiger partial charge is 0.0809 e. The number of para-hydroxylation sites is 1. The topological polar surface area (TPSA) is 24.9 Å². The Kier molecular flexibility index (Phi) is 3.70. The van der Waals surface area contributed by atoms with E-state index in [4.69, 9.17) is 0 Å². The predicted octanol–water partition coefficient (Wildman–Crippen LogP) is 5.07. The summed E-state index contributed by atoms with van der Waals surface area (Å²) in [4.78, 5) is 4.49. The molecule has 2 aromatic heterocycles. The average Bonchev–Trinajstić information content (AvgIpc) is 2.88. The highest BCUT2D eigenvalue weighted by molar-refractivity contribution is 14.1. The molecule has 0 spiro atoms. The molecule has 0 radical (unpaired) electrons. The van der Waals surface area contributed by atoms with E-state index in [2.05, 4.69) is 81.6 Å². The van der Waals surface area contributed by atoms with Gasteiger partial charge in [-0.15, -0.1) is 11.3 Å². The summed E-state index contributed by atoms with van der Waals surface area (Å²) >= 11 is 4.09. The minimum absolute atomic E-state index is 0.245. The normalized spacial score (nSPS) is 12.5. The third kappa shape index (κ3) is 2.74. The molecule has 2 nitrogen and oxygen atoms in total. The number of thiophene rings is 1. The van der Waals surface area contributed by atoms with Crippen LogP contribution >= 0.6 is 33.9 Å². The summed E-state index contributed by atoms with van der Waals surface area (Å²) in [6.07, 6.45) is 1.96. The van der Waals surface area contributed by atoms with Crippen LogP contribution in [-0.2, 0) is 0 Å².